The average molecular weight is 324 g/mol. The standard InChI is InChI=1S/C15H11ClFNO2S/c16-14-9-13(5-6-15(14)17)21(19)8-7-20-12-3-1-11(10-18)2-4-12/h1-6,9H,7-8H2. The molecule has 3 nitrogen and oxygen atoms in total. The Kier molecular flexibility index (Phi) is 5.32. The van der Waals surface area contributed by atoms with Crippen LogP contribution in [0.15, 0.2) is 47.4 Å². The SMILES string of the molecule is N#Cc1ccc(OCCS(=O)c2ccc(F)c(Cl)c2)cc1. The van der Waals surface area contributed by atoms with Gasteiger partial charge >= 0.3 is 0 Å². The zero-order chi connectivity index (χ0) is 15.2. The van der Waals surface area contributed by atoms with Crippen LogP contribution in [0.1, 0.15) is 5.56 Å². The van der Waals surface area contributed by atoms with Crippen LogP contribution in [0.5, 0.6) is 5.75 Å². The summed E-state index contributed by atoms with van der Waals surface area (Å²) in [6, 6.07) is 12.6. The van der Waals surface area contributed by atoms with Crippen molar-refractivity contribution in [2.45, 2.75) is 4.90 Å². The minimum atomic E-state index is -1.31. The zero-order valence-electron chi connectivity index (χ0n) is 10.9. The molecule has 1 unspecified atom stereocenters. The first-order valence-corrected chi connectivity index (χ1v) is 7.76. The maximum absolute atomic E-state index is 13.0. The Morgan fingerprint density at radius 2 is 1.95 bits per heavy atom. The second-order valence-electron chi connectivity index (χ2n) is 4.11. The van der Waals surface area contributed by atoms with Gasteiger partial charge in [-0.05, 0) is 42.5 Å². The molecule has 0 saturated heterocycles. The van der Waals surface area contributed by atoms with Crippen molar-refractivity contribution >= 4 is 22.4 Å². The number of benzene rings is 2. The van der Waals surface area contributed by atoms with Crippen LogP contribution in [0.2, 0.25) is 5.02 Å². The molecule has 0 saturated carbocycles. The fourth-order valence-corrected chi connectivity index (χ4v) is 2.78. The molecule has 21 heavy (non-hydrogen) atoms. The van der Waals surface area contributed by atoms with Gasteiger partial charge in [-0.25, -0.2) is 4.39 Å². The lowest BCUT2D eigenvalue weighted by Gasteiger charge is -2.06. The average Bonchev–Trinajstić information content (AvgIpc) is 2.50. The van der Waals surface area contributed by atoms with Gasteiger partial charge in [0.15, 0.2) is 0 Å². The summed E-state index contributed by atoms with van der Waals surface area (Å²) in [5.74, 6) is 0.330. The van der Waals surface area contributed by atoms with Gasteiger partial charge < -0.3 is 4.74 Å². The van der Waals surface area contributed by atoms with Crippen LogP contribution >= 0.6 is 11.6 Å². The van der Waals surface area contributed by atoms with Gasteiger partial charge in [0, 0.05) is 4.90 Å². The Morgan fingerprint density at radius 3 is 2.57 bits per heavy atom. The molecule has 0 aromatic heterocycles. The van der Waals surface area contributed by atoms with Crippen molar-refractivity contribution in [3.05, 3.63) is 58.9 Å². The van der Waals surface area contributed by atoms with Gasteiger partial charge in [-0.15, -0.1) is 0 Å². The summed E-state index contributed by atoms with van der Waals surface area (Å²) >= 11 is 5.65. The Labute approximate surface area is 129 Å². The van der Waals surface area contributed by atoms with E-state index in [-0.39, 0.29) is 17.4 Å². The molecule has 0 N–H and O–H groups in total. The van der Waals surface area contributed by atoms with Crippen LogP contribution in [0.3, 0.4) is 0 Å². The van der Waals surface area contributed by atoms with Crippen LogP contribution < -0.4 is 4.74 Å². The number of hydrogen-bond acceptors (Lipinski definition) is 3. The van der Waals surface area contributed by atoms with Crippen molar-refractivity contribution < 1.29 is 13.3 Å². The smallest absolute Gasteiger partial charge is 0.141 e. The summed E-state index contributed by atoms with van der Waals surface area (Å²) in [5, 5.41) is 8.63. The third kappa shape index (κ3) is 4.28. The Morgan fingerprint density at radius 1 is 1.24 bits per heavy atom. The molecule has 0 aliphatic rings. The van der Waals surface area contributed by atoms with E-state index in [0.717, 1.165) is 0 Å². The van der Waals surface area contributed by atoms with Crippen molar-refractivity contribution in [2.75, 3.05) is 12.4 Å². The minimum absolute atomic E-state index is 0.0474. The predicted octanol–water partition coefficient (Wildman–Crippen LogP) is 3.54. The van der Waals surface area contributed by atoms with Gasteiger partial charge in [0.25, 0.3) is 0 Å². The first kappa shape index (κ1) is 15.5. The van der Waals surface area contributed by atoms with Crippen LogP contribution in [0.4, 0.5) is 4.39 Å². The van der Waals surface area contributed by atoms with Crippen molar-refractivity contribution in [3.63, 3.8) is 0 Å². The van der Waals surface area contributed by atoms with Gasteiger partial charge in [-0.1, -0.05) is 11.6 Å². The molecule has 0 aliphatic heterocycles. The second-order valence-corrected chi connectivity index (χ2v) is 6.09. The maximum Gasteiger partial charge on any atom is 0.141 e. The lowest BCUT2D eigenvalue weighted by molar-refractivity contribution is 0.342. The molecular weight excluding hydrogens is 313 g/mol. The van der Waals surface area contributed by atoms with Crippen LogP contribution in [0, 0.1) is 17.1 Å². The lowest BCUT2D eigenvalue weighted by Crippen LogP contribution is -2.08. The normalized spacial score (nSPS) is 11.7. The lowest BCUT2D eigenvalue weighted by atomic mass is 10.2. The first-order chi connectivity index (χ1) is 10.1. The number of hydrogen-bond donors (Lipinski definition) is 0. The van der Waals surface area contributed by atoms with Crippen molar-refractivity contribution in [3.8, 4) is 11.8 Å². The molecule has 108 valence electrons. The zero-order valence-corrected chi connectivity index (χ0v) is 12.5. The highest BCUT2D eigenvalue weighted by molar-refractivity contribution is 7.85. The van der Waals surface area contributed by atoms with Gasteiger partial charge in [-0.2, -0.15) is 5.26 Å². The third-order valence-corrected chi connectivity index (χ3v) is 4.28. The molecule has 0 heterocycles. The molecule has 2 aromatic rings. The number of rotatable bonds is 5. The quantitative estimate of drug-likeness (QED) is 0.845. The molecule has 0 radical (unpaired) electrons. The minimum Gasteiger partial charge on any atom is -0.493 e. The summed E-state index contributed by atoms with van der Waals surface area (Å²) in [4.78, 5) is 0.463. The molecule has 0 aliphatic carbocycles. The Balaban J connectivity index is 1.89. The highest BCUT2D eigenvalue weighted by Crippen LogP contribution is 2.18. The first-order valence-electron chi connectivity index (χ1n) is 6.06. The maximum atomic E-state index is 13.0. The molecule has 0 amide bonds. The van der Waals surface area contributed by atoms with Gasteiger partial charge in [0.1, 0.15) is 18.2 Å². The van der Waals surface area contributed by atoms with Crippen LogP contribution in [-0.4, -0.2) is 16.6 Å². The van der Waals surface area contributed by atoms with Gasteiger partial charge in [-0.3, -0.25) is 4.21 Å². The number of nitriles is 1. The van der Waals surface area contributed by atoms with E-state index in [4.69, 9.17) is 21.6 Å². The van der Waals surface area contributed by atoms with E-state index in [0.29, 0.717) is 16.2 Å². The van der Waals surface area contributed by atoms with E-state index >= 15 is 0 Å². The van der Waals surface area contributed by atoms with E-state index < -0.39 is 16.6 Å². The van der Waals surface area contributed by atoms with Crippen molar-refractivity contribution in [1.29, 1.82) is 5.26 Å². The molecule has 2 aromatic carbocycles. The van der Waals surface area contributed by atoms with Crippen molar-refractivity contribution in [1.82, 2.24) is 0 Å². The van der Waals surface area contributed by atoms with E-state index in [9.17, 15) is 8.60 Å². The highest BCUT2D eigenvalue weighted by Gasteiger charge is 2.07. The summed E-state index contributed by atoms with van der Waals surface area (Å²) < 4.78 is 30.5. The summed E-state index contributed by atoms with van der Waals surface area (Å²) in [5.41, 5.74) is 0.548. The number of halogens is 2. The topological polar surface area (TPSA) is 50.1 Å². The molecule has 2 rings (SSSR count). The molecule has 0 bridgehead atoms. The molecule has 0 fully saturated rings. The summed E-state index contributed by atoms with van der Waals surface area (Å²) in [7, 11) is -1.31. The summed E-state index contributed by atoms with van der Waals surface area (Å²) in [6.07, 6.45) is 0. The van der Waals surface area contributed by atoms with Crippen molar-refractivity contribution in [2.24, 2.45) is 0 Å². The fraction of sp³-hybridized carbons (Fsp3) is 0.133. The van der Waals surface area contributed by atoms with Gasteiger partial charge in [0.2, 0.25) is 0 Å². The number of ether oxygens (including phenoxy) is 1. The summed E-state index contributed by atoms with van der Waals surface area (Å²) in [6.45, 7) is 0.244. The van der Waals surface area contributed by atoms with E-state index in [2.05, 4.69) is 0 Å². The molecule has 0 spiro atoms. The van der Waals surface area contributed by atoms with E-state index in [1.807, 2.05) is 6.07 Å². The monoisotopic (exact) mass is 323 g/mol. The highest BCUT2D eigenvalue weighted by atomic mass is 35.5. The van der Waals surface area contributed by atoms with E-state index in [1.165, 1.54) is 18.2 Å². The Hall–Kier alpha value is -1.90. The Bertz CT molecular complexity index is 698. The third-order valence-electron chi connectivity index (χ3n) is 2.67. The molecule has 6 heteroatoms. The largest absolute Gasteiger partial charge is 0.493 e. The second kappa shape index (κ2) is 7.21. The fourth-order valence-electron chi connectivity index (χ4n) is 1.60. The van der Waals surface area contributed by atoms with Crippen LogP contribution in [-0.2, 0) is 10.8 Å². The van der Waals surface area contributed by atoms with Gasteiger partial charge in [0.05, 0.1) is 33.2 Å². The molecular formula is C15H11ClFNO2S. The van der Waals surface area contributed by atoms with Crippen LogP contribution in [0.25, 0.3) is 0 Å². The number of nitrogens with zero attached hydrogens (tertiary/aromatic N) is 1. The predicted molar refractivity (Wildman–Crippen MR) is 79.3 cm³/mol. The molecule has 1 atom stereocenters. The van der Waals surface area contributed by atoms with E-state index in [1.54, 1.807) is 24.3 Å².